The fourth-order valence-electron chi connectivity index (χ4n) is 5.53. The number of nitrogens with zero attached hydrogens (tertiary/aromatic N) is 1. The third kappa shape index (κ3) is 6.77. The van der Waals surface area contributed by atoms with Gasteiger partial charge >= 0.3 is 19.4 Å². The van der Waals surface area contributed by atoms with Crippen LogP contribution < -0.4 is 20.9 Å². The molecule has 3 aromatic carbocycles. The maximum atomic E-state index is 14.3. The van der Waals surface area contributed by atoms with E-state index < -0.39 is 61.9 Å². The van der Waals surface area contributed by atoms with Gasteiger partial charge in [-0.25, -0.2) is 9.36 Å². The van der Waals surface area contributed by atoms with Gasteiger partial charge in [0, 0.05) is 24.6 Å². The molecule has 1 aromatic heterocycles. The average Bonchev–Trinajstić information content (AvgIpc) is 3.60. The SMILES string of the molecule is CC(NP(=O)(OCC1OC(n2cc(F)c(=O)[nH]c2=O)CC1O)Oc1cccc2ccccc12)C(=O)OC1Cc2ccccc2C1. The number of aromatic amines is 1. The van der Waals surface area contributed by atoms with E-state index in [0.717, 1.165) is 21.1 Å². The second-order valence-corrected chi connectivity index (χ2v) is 12.7. The van der Waals surface area contributed by atoms with E-state index in [-0.39, 0.29) is 18.3 Å². The zero-order chi connectivity index (χ0) is 31.7. The summed E-state index contributed by atoms with van der Waals surface area (Å²) in [6, 6.07) is 19.1. The third-order valence-corrected chi connectivity index (χ3v) is 9.45. The molecule has 6 rings (SSSR count). The Morgan fingerprint density at radius 2 is 1.80 bits per heavy atom. The van der Waals surface area contributed by atoms with E-state index in [9.17, 15) is 28.4 Å². The standard InChI is InChI=1S/C31H31FN3O9P/c1-18(30(38)42-22-13-20-8-2-3-9-21(20)14-22)34-45(40,44-26-12-6-10-19-7-4-5-11-23(19)26)41-17-27-25(36)15-28(43-27)35-16-24(32)29(37)33-31(35)39/h2-12,16,18,22,25,27-28,36H,13-15,17H2,1H3,(H,34,40)(H,33,37,39). The number of hydrogen-bond acceptors (Lipinski definition) is 9. The lowest BCUT2D eigenvalue weighted by atomic mass is 10.1. The molecule has 5 atom stereocenters. The maximum absolute atomic E-state index is 14.3. The number of esters is 1. The predicted octanol–water partition coefficient (Wildman–Crippen LogP) is 3.37. The van der Waals surface area contributed by atoms with E-state index in [0.29, 0.717) is 24.4 Å². The maximum Gasteiger partial charge on any atom is 0.459 e. The van der Waals surface area contributed by atoms with Crippen molar-refractivity contribution < 1.29 is 37.4 Å². The molecule has 1 aliphatic heterocycles. The van der Waals surface area contributed by atoms with Gasteiger partial charge in [0.1, 0.15) is 30.2 Å². The number of ether oxygens (including phenoxy) is 2. The first kappa shape index (κ1) is 30.9. The van der Waals surface area contributed by atoms with Crippen molar-refractivity contribution in [1.29, 1.82) is 0 Å². The van der Waals surface area contributed by atoms with E-state index in [1.54, 1.807) is 24.3 Å². The van der Waals surface area contributed by atoms with E-state index in [1.807, 2.05) is 47.4 Å². The summed E-state index contributed by atoms with van der Waals surface area (Å²) >= 11 is 0. The first-order valence-electron chi connectivity index (χ1n) is 14.4. The summed E-state index contributed by atoms with van der Waals surface area (Å²) in [5.41, 5.74) is 0.0934. The number of aliphatic hydroxyl groups is 1. The Morgan fingerprint density at radius 1 is 1.11 bits per heavy atom. The Morgan fingerprint density at radius 3 is 2.56 bits per heavy atom. The molecule has 2 heterocycles. The molecule has 1 aliphatic carbocycles. The summed E-state index contributed by atoms with van der Waals surface area (Å²) in [5.74, 6) is -1.64. The van der Waals surface area contributed by atoms with Gasteiger partial charge in [-0.3, -0.25) is 23.7 Å². The Balaban J connectivity index is 1.18. The van der Waals surface area contributed by atoms with Gasteiger partial charge in [0.2, 0.25) is 5.82 Å². The Kier molecular flexibility index (Phi) is 8.71. The molecular weight excluding hydrogens is 608 g/mol. The highest BCUT2D eigenvalue weighted by Gasteiger charge is 2.40. The second-order valence-electron chi connectivity index (χ2n) is 11.0. The van der Waals surface area contributed by atoms with E-state index in [2.05, 4.69) is 5.09 Å². The summed E-state index contributed by atoms with van der Waals surface area (Å²) in [4.78, 5) is 38.6. The van der Waals surface area contributed by atoms with Crippen molar-refractivity contribution in [3.05, 3.63) is 111 Å². The second kappa shape index (κ2) is 12.7. The summed E-state index contributed by atoms with van der Waals surface area (Å²) in [7, 11) is -4.37. The van der Waals surface area contributed by atoms with E-state index in [1.165, 1.54) is 6.92 Å². The van der Waals surface area contributed by atoms with Crippen LogP contribution in [0.1, 0.15) is 30.7 Å². The minimum Gasteiger partial charge on any atom is -0.461 e. The number of halogens is 1. The number of nitrogens with one attached hydrogen (secondary N) is 2. The monoisotopic (exact) mass is 639 g/mol. The summed E-state index contributed by atoms with van der Waals surface area (Å²) in [6.45, 7) is 0.980. The molecule has 0 bridgehead atoms. The van der Waals surface area contributed by atoms with Crippen molar-refractivity contribution in [1.82, 2.24) is 14.6 Å². The van der Waals surface area contributed by atoms with Crippen molar-refractivity contribution in [3.8, 4) is 5.75 Å². The van der Waals surface area contributed by atoms with Gasteiger partial charge in [0.15, 0.2) is 0 Å². The van der Waals surface area contributed by atoms with Crippen molar-refractivity contribution in [2.75, 3.05) is 6.61 Å². The Hall–Kier alpha value is -4.13. The van der Waals surface area contributed by atoms with Gasteiger partial charge in [-0.1, -0.05) is 60.7 Å². The topological polar surface area (TPSA) is 158 Å². The summed E-state index contributed by atoms with van der Waals surface area (Å²) in [5, 5.41) is 14.8. The molecule has 12 nitrogen and oxygen atoms in total. The predicted molar refractivity (Wildman–Crippen MR) is 160 cm³/mol. The van der Waals surface area contributed by atoms with Gasteiger partial charge in [0.05, 0.1) is 18.9 Å². The highest BCUT2D eigenvalue weighted by Crippen LogP contribution is 2.47. The van der Waals surface area contributed by atoms with Gasteiger partial charge < -0.3 is 19.1 Å². The van der Waals surface area contributed by atoms with Crippen LogP contribution in [0.4, 0.5) is 4.39 Å². The molecule has 1 saturated heterocycles. The minimum absolute atomic E-state index is 0.145. The molecule has 0 saturated carbocycles. The first-order chi connectivity index (χ1) is 21.6. The van der Waals surface area contributed by atoms with Crippen LogP contribution in [-0.2, 0) is 36.2 Å². The molecule has 1 fully saturated rings. The van der Waals surface area contributed by atoms with Crippen LogP contribution >= 0.6 is 7.75 Å². The zero-order valence-corrected chi connectivity index (χ0v) is 25.0. The van der Waals surface area contributed by atoms with Crippen LogP contribution in [0.3, 0.4) is 0 Å². The first-order valence-corrected chi connectivity index (χ1v) is 15.9. The van der Waals surface area contributed by atoms with E-state index >= 15 is 0 Å². The van der Waals surface area contributed by atoms with Crippen LogP contribution in [0, 0.1) is 5.82 Å². The smallest absolute Gasteiger partial charge is 0.459 e. The number of H-pyrrole nitrogens is 1. The zero-order valence-electron chi connectivity index (χ0n) is 24.1. The number of fused-ring (bicyclic) bond motifs is 2. The molecule has 4 aromatic rings. The van der Waals surface area contributed by atoms with Crippen LogP contribution in [0.5, 0.6) is 5.75 Å². The molecule has 14 heteroatoms. The molecule has 5 unspecified atom stereocenters. The molecule has 0 radical (unpaired) electrons. The van der Waals surface area contributed by atoms with Crippen molar-refractivity contribution in [2.24, 2.45) is 0 Å². The summed E-state index contributed by atoms with van der Waals surface area (Å²) in [6.07, 6.45) is -2.17. The van der Waals surface area contributed by atoms with Crippen LogP contribution in [0.15, 0.2) is 82.5 Å². The van der Waals surface area contributed by atoms with Crippen LogP contribution in [0.2, 0.25) is 0 Å². The molecule has 3 N–H and O–H groups in total. The van der Waals surface area contributed by atoms with Crippen molar-refractivity contribution >= 4 is 24.5 Å². The Labute approximate surface area is 256 Å². The van der Waals surface area contributed by atoms with Crippen LogP contribution in [0.25, 0.3) is 10.8 Å². The quantitative estimate of drug-likeness (QED) is 0.174. The number of hydrogen-bond donors (Lipinski definition) is 3. The lowest BCUT2D eigenvalue weighted by Crippen LogP contribution is -2.38. The molecule has 0 amide bonds. The normalized spacial score (nSPS) is 21.7. The number of benzene rings is 3. The largest absolute Gasteiger partial charge is 0.461 e. The number of aromatic nitrogens is 2. The molecule has 2 aliphatic rings. The molecule has 45 heavy (non-hydrogen) atoms. The lowest BCUT2D eigenvalue weighted by molar-refractivity contribution is -0.150. The van der Waals surface area contributed by atoms with Gasteiger partial charge in [-0.2, -0.15) is 9.48 Å². The van der Waals surface area contributed by atoms with Crippen LogP contribution in [-0.4, -0.2) is 51.6 Å². The lowest BCUT2D eigenvalue weighted by Gasteiger charge is -2.25. The number of rotatable bonds is 10. The van der Waals surface area contributed by atoms with Crippen molar-refractivity contribution in [2.45, 2.75) is 56.8 Å². The van der Waals surface area contributed by atoms with Gasteiger partial charge in [0.25, 0.3) is 5.56 Å². The average molecular weight is 640 g/mol. The fraction of sp³-hybridized carbons (Fsp3) is 0.323. The van der Waals surface area contributed by atoms with Gasteiger partial charge in [-0.15, -0.1) is 0 Å². The van der Waals surface area contributed by atoms with Gasteiger partial charge in [-0.05, 0) is 29.5 Å². The number of carbonyl (C=O) groups excluding carboxylic acids is 1. The molecule has 236 valence electrons. The summed E-state index contributed by atoms with van der Waals surface area (Å²) < 4.78 is 52.1. The molecule has 0 spiro atoms. The minimum atomic E-state index is -4.37. The highest BCUT2D eigenvalue weighted by atomic mass is 31.2. The Bertz CT molecular complexity index is 1870. The third-order valence-electron chi connectivity index (χ3n) is 7.82. The number of aliphatic hydroxyl groups excluding tert-OH is 1. The molecular formula is C31H31FN3O9P. The van der Waals surface area contributed by atoms with Crippen molar-refractivity contribution in [3.63, 3.8) is 0 Å². The van der Waals surface area contributed by atoms with E-state index in [4.69, 9.17) is 18.5 Å². The fourth-order valence-corrected chi connectivity index (χ4v) is 7.06. The number of carbonyl (C=O) groups is 1. The highest BCUT2D eigenvalue weighted by molar-refractivity contribution is 7.52.